The van der Waals surface area contributed by atoms with Crippen LogP contribution in [0.2, 0.25) is 0 Å². The molecule has 0 N–H and O–H groups in total. The number of benzene rings is 1. The number of carbonyl (C=O) groups excluding carboxylic acids is 1. The zero-order valence-electron chi connectivity index (χ0n) is 23.5. The first-order valence-electron chi connectivity index (χ1n) is 13.2. The Labute approximate surface area is 236 Å². The fourth-order valence-corrected chi connectivity index (χ4v) is 5.89. The molecule has 1 saturated heterocycles. The number of piperidine rings is 1. The van der Waals surface area contributed by atoms with Crippen molar-refractivity contribution in [1.82, 2.24) is 29.9 Å². The van der Waals surface area contributed by atoms with E-state index in [1.165, 1.54) is 11.8 Å². The highest BCUT2D eigenvalue weighted by Gasteiger charge is 2.36. The monoisotopic (exact) mass is 561 g/mol. The van der Waals surface area contributed by atoms with Crippen LogP contribution in [0, 0.1) is 31.0 Å². The number of aromatic nitrogens is 5. The van der Waals surface area contributed by atoms with E-state index in [9.17, 15) is 10.1 Å². The predicted octanol–water partition coefficient (Wildman–Crippen LogP) is 6.37. The molecule has 0 spiro atoms. The first-order chi connectivity index (χ1) is 19.0. The van der Waals surface area contributed by atoms with E-state index in [2.05, 4.69) is 26.3 Å². The standard InChI is InChI=1S/C29H32FN7O2S/c1-16-13-21-24(23(30)22(16)18-8-7-17(2)32-15-18)33-27(40-6)25-26(21)37(35-34-25)20-10-12-36(19(14-20)9-11-31)28(38)39-29(3,4)5/h7-8,13,15,19-20H,9-10,12,14H2,1-6H3/t19-,20+/m1/s1. The Morgan fingerprint density at radius 3 is 2.70 bits per heavy atom. The third-order valence-corrected chi connectivity index (χ3v) is 7.86. The molecule has 0 aliphatic carbocycles. The van der Waals surface area contributed by atoms with Gasteiger partial charge in [0.1, 0.15) is 27.2 Å². The van der Waals surface area contributed by atoms with E-state index in [1.54, 1.807) is 11.1 Å². The Balaban J connectivity index is 1.61. The number of ether oxygens (including phenoxy) is 1. The minimum Gasteiger partial charge on any atom is -0.444 e. The summed E-state index contributed by atoms with van der Waals surface area (Å²) in [6.07, 6.45) is 4.39. The van der Waals surface area contributed by atoms with Gasteiger partial charge < -0.3 is 9.64 Å². The summed E-state index contributed by atoms with van der Waals surface area (Å²) in [6, 6.07) is 7.40. The van der Waals surface area contributed by atoms with E-state index in [0.717, 1.165) is 11.3 Å². The second kappa shape index (κ2) is 10.7. The number of likely N-dealkylation sites (tertiary alicyclic amines) is 1. The molecule has 1 aliphatic heterocycles. The molecule has 0 saturated carbocycles. The van der Waals surface area contributed by atoms with Gasteiger partial charge >= 0.3 is 6.09 Å². The molecule has 40 heavy (non-hydrogen) atoms. The van der Waals surface area contributed by atoms with Gasteiger partial charge in [-0.25, -0.2) is 18.9 Å². The number of aryl methyl sites for hydroxylation is 2. The van der Waals surface area contributed by atoms with Crippen molar-refractivity contribution >= 4 is 39.8 Å². The molecule has 0 radical (unpaired) electrons. The molecule has 2 atom stereocenters. The SMILES string of the molecule is CSc1nc2c(F)c(-c3ccc(C)nc3)c(C)cc2c2c1nnn2[C@H]1CCN(C(=O)OC(C)(C)C)[C@H](CC#N)C1. The van der Waals surface area contributed by atoms with Gasteiger partial charge in [-0.1, -0.05) is 11.3 Å². The zero-order valence-corrected chi connectivity index (χ0v) is 24.3. The molecule has 4 aromatic rings. The number of hydrogen-bond acceptors (Lipinski definition) is 8. The van der Waals surface area contributed by atoms with E-state index in [1.807, 2.05) is 63.8 Å². The molecule has 1 amide bonds. The third kappa shape index (κ3) is 5.08. The van der Waals surface area contributed by atoms with Crippen molar-refractivity contribution in [2.45, 2.75) is 76.6 Å². The molecule has 5 rings (SSSR count). The number of halogens is 1. The highest BCUT2D eigenvalue weighted by atomic mass is 32.2. The summed E-state index contributed by atoms with van der Waals surface area (Å²) in [5.41, 5.74) is 3.70. The van der Waals surface area contributed by atoms with Crippen molar-refractivity contribution in [1.29, 1.82) is 5.26 Å². The maximum Gasteiger partial charge on any atom is 0.410 e. The number of nitrogens with zero attached hydrogens (tertiary/aromatic N) is 7. The molecule has 0 unspecified atom stereocenters. The highest BCUT2D eigenvalue weighted by Crippen LogP contribution is 2.39. The van der Waals surface area contributed by atoms with Crippen LogP contribution < -0.4 is 0 Å². The van der Waals surface area contributed by atoms with Crippen molar-refractivity contribution in [3.63, 3.8) is 0 Å². The third-order valence-electron chi connectivity index (χ3n) is 7.19. The Hall–Kier alpha value is -3.78. The summed E-state index contributed by atoms with van der Waals surface area (Å²) in [4.78, 5) is 23.6. The highest BCUT2D eigenvalue weighted by molar-refractivity contribution is 7.98. The van der Waals surface area contributed by atoms with Crippen LogP contribution in [0.5, 0.6) is 0 Å². The lowest BCUT2D eigenvalue weighted by Crippen LogP contribution is -2.48. The second-order valence-electron chi connectivity index (χ2n) is 11.2. The Morgan fingerprint density at radius 2 is 2.05 bits per heavy atom. The Bertz CT molecular complexity index is 1640. The molecule has 4 heterocycles. The van der Waals surface area contributed by atoms with Crippen LogP contribution in [-0.4, -0.2) is 60.4 Å². The van der Waals surface area contributed by atoms with Gasteiger partial charge in [-0.15, -0.1) is 16.9 Å². The van der Waals surface area contributed by atoms with Crippen molar-refractivity contribution in [3.05, 3.63) is 41.5 Å². The molecule has 208 valence electrons. The lowest BCUT2D eigenvalue weighted by atomic mass is 9.95. The summed E-state index contributed by atoms with van der Waals surface area (Å²) >= 11 is 1.39. The van der Waals surface area contributed by atoms with E-state index in [-0.39, 0.29) is 24.0 Å². The van der Waals surface area contributed by atoms with Crippen LogP contribution in [0.15, 0.2) is 29.4 Å². The maximum absolute atomic E-state index is 16.2. The summed E-state index contributed by atoms with van der Waals surface area (Å²) in [5.74, 6) is -0.410. The van der Waals surface area contributed by atoms with Crippen molar-refractivity contribution in [3.8, 4) is 17.2 Å². The number of nitriles is 1. The molecule has 1 aromatic carbocycles. The molecule has 3 aromatic heterocycles. The second-order valence-corrected chi connectivity index (χ2v) is 12.0. The number of carbonyl (C=O) groups is 1. The number of thioether (sulfide) groups is 1. The molecular formula is C29H32FN7O2S. The van der Waals surface area contributed by atoms with E-state index >= 15 is 4.39 Å². The van der Waals surface area contributed by atoms with Gasteiger partial charge in [0.2, 0.25) is 0 Å². The smallest absolute Gasteiger partial charge is 0.410 e. The van der Waals surface area contributed by atoms with E-state index in [0.29, 0.717) is 52.0 Å². The van der Waals surface area contributed by atoms with Crippen LogP contribution in [-0.2, 0) is 4.74 Å². The lowest BCUT2D eigenvalue weighted by molar-refractivity contribution is 0.00557. The van der Waals surface area contributed by atoms with Gasteiger partial charge in [-0.2, -0.15) is 5.26 Å². The average molecular weight is 562 g/mol. The van der Waals surface area contributed by atoms with Crippen LogP contribution >= 0.6 is 11.8 Å². The average Bonchev–Trinajstić information content (AvgIpc) is 3.34. The van der Waals surface area contributed by atoms with Crippen LogP contribution in [0.25, 0.3) is 33.1 Å². The Morgan fingerprint density at radius 1 is 1.27 bits per heavy atom. The Kier molecular flexibility index (Phi) is 7.40. The quantitative estimate of drug-likeness (QED) is 0.264. The zero-order chi connectivity index (χ0) is 28.8. The number of rotatable bonds is 4. The van der Waals surface area contributed by atoms with E-state index in [4.69, 9.17) is 4.74 Å². The number of pyridine rings is 2. The first kappa shape index (κ1) is 27.8. The van der Waals surface area contributed by atoms with Gasteiger partial charge in [0, 0.05) is 34.9 Å². The molecule has 1 fully saturated rings. The van der Waals surface area contributed by atoms with Crippen molar-refractivity contribution < 1.29 is 13.9 Å². The van der Waals surface area contributed by atoms with Gasteiger partial charge in [0.05, 0.1) is 24.6 Å². The van der Waals surface area contributed by atoms with Crippen LogP contribution in [0.3, 0.4) is 0 Å². The topological polar surface area (TPSA) is 110 Å². The molecule has 1 aliphatic rings. The summed E-state index contributed by atoms with van der Waals surface area (Å²) < 4.78 is 23.7. The molecular weight excluding hydrogens is 529 g/mol. The summed E-state index contributed by atoms with van der Waals surface area (Å²) in [5, 5.41) is 19.7. The first-order valence-corrected chi connectivity index (χ1v) is 14.5. The maximum atomic E-state index is 16.2. The van der Waals surface area contributed by atoms with Gasteiger partial charge in [-0.05, 0) is 71.4 Å². The molecule has 11 heteroatoms. The molecule has 0 bridgehead atoms. The van der Waals surface area contributed by atoms with Gasteiger partial charge in [-0.3, -0.25) is 4.98 Å². The minimum absolute atomic E-state index is 0.147. The number of fused-ring (bicyclic) bond motifs is 3. The summed E-state index contributed by atoms with van der Waals surface area (Å²) in [6.45, 7) is 9.64. The van der Waals surface area contributed by atoms with Gasteiger partial charge in [0.15, 0.2) is 5.82 Å². The largest absolute Gasteiger partial charge is 0.444 e. The van der Waals surface area contributed by atoms with Crippen molar-refractivity contribution in [2.24, 2.45) is 0 Å². The molecule has 9 nitrogen and oxygen atoms in total. The lowest BCUT2D eigenvalue weighted by Gasteiger charge is -2.39. The van der Waals surface area contributed by atoms with E-state index < -0.39 is 17.5 Å². The fourth-order valence-electron chi connectivity index (χ4n) is 5.38. The van der Waals surface area contributed by atoms with Crippen molar-refractivity contribution in [2.75, 3.05) is 12.8 Å². The fraction of sp³-hybridized carbons (Fsp3) is 0.448. The number of amides is 1. The van der Waals surface area contributed by atoms with Gasteiger partial charge in [0.25, 0.3) is 0 Å². The van der Waals surface area contributed by atoms with Crippen LogP contribution in [0.4, 0.5) is 9.18 Å². The van der Waals surface area contributed by atoms with Crippen LogP contribution in [0.1, 0.15) is 57.3 Å². The predicted molar refractivity (Wildman–Crippen MR) is 153 cm³/mol. The minimum atomic E-state index is -0.636. The summed E-state index contributed by atoms with van der Waals surface area (Å²) in [7, 11) is 0. The normalized spacial score (nSPS) is 17.8. The number of hydrogen-bond donors (Lipinski definition) is 0.